The first kappa shape index (κ1) is 14.9. The van der Waals surface area contributed by atoms with Gasteiger partial charge in [-0.25, -0.2) is 0 Å². The normalized spacial score (nSPS) is 41.6. The summed E-state index contributed by atoms with van der Waals surface area (Å²) in [7, 11) is 0. The predicted octanol–water partition coefficient (Wildman–Crippen LogP) is 2.26. The van der Waals surface area contributed by atoms with Crippen molar-refractivity contribution in [2.45, 2.75) is 43.4 Å². The molecular formula is C20H25N3O. The largest absolute Gasteiger partial charge is 0.379 e. The fraction of sp³-hybridized carbons (Fsp3) is 0.650. The summed E-state index contributed by atoms with van der Waals surface area (Å²) in [6.07, 6.45) is 3.86. The van der Waals surface area contributed by atoms with E-state index in [1.807, 2.05) is 0 Å². The molecule has 5 rings (SSSR count). The van der Waals surface area contributed by atoms with Gasteiger partial charge >= 0.3 is 0 Å². The van der Waals surface area contributed by atoms with Crippen molar-refractivity contribution in [3.8, 4) is 6.07 Å². The average Bonchev–Trinajstić information content (AvgIpc) is 3.29. The van der Waals surface area contributed by atoms with E-state index in [9.17, 15) is 5.26 Å². The average molecular weight is 323 g/mol. The van der Waals surface area contributed by atoms with Gasteiger partial charge in [0.2, 0.25) is 0 Å². The molecule has 1 saturated carbocycles. The van der Waals surface area contributed by atoms with Crippen molar-refractivity contribution >= 4 is 0 Å². The molecule has 0 N–H and O–H groups in total. The van der Waals surface area contributed by atoms with E-state index in [0.29, 0.717) is 23.9 Å². The molecule has 3 heterocycles. The zero-order chi connectivity index (χ0) is 16.1. The fourth-order valence-electron chi connectivity index (χ4n) is 5.98. The molecule has 24 heavy (non-hydrogen) atoms. The summed E-state index contributed by atoms with van der Waals surface area (Å²) in [5, 5.41) is 10.1. The van der Waals surface area contributed by atoms with Gasteiger partial charge in [-0.2, -0.15) is 5.26 Å². The molecule has 2 bridgehead atoms. The van der Waals surface area contributed by atoms with Crippen molar-refractivity contribution in [2.24, 2.45) is 11.8 Å². The third-order valence-corrected chi connectivity index (χ3v) is 6.90. The topological polar surface area (TPSA) is 39.5 Å². The highest BCUT2D eigenvalue weighted by molar-refractivity contribution is 5.39. The number of piperidine rings is 2. The van der Waals surface area contributed by atoms with Crippen LogP contribution in [-0.2, 0) is 11.3 Å². The highest BCUT2D eigenvalue weighted by Crippen LogP contribution is 2.67. The van der Waals surface area contributed by atoms with Crippen molar-refractivity contribution in [3.63, 3.8) is 0 Å². The molecule has 126 valence electrons. The van der Waals surface area contributed by atoms with Crippen LogP contribution >= 0.6 is 0 Å². The molecule has 4 heteroatoms. The number of nitriles is 1. The Morgan fingerprint density at radius 3 is 2.38 bits per heavy atom. The number of fused-ring (bicyclic) bond motifs is 5. The molecule has 4 fully saturated rings. The van der Waals surface area contributed by atoms with E-state index in [1.54, 1.807) is 0 Å². The van der Waals surface area contributed by atoms with Crippen LogP contribution in [-0.4, -0.2) is 53.7 Å². The molecule has 0 spiro atoms. The summed E-state index contributed by atoms with van der Waals surface area (Å²) in [6.45, 7) is 4.48. The molecule has 1 unspecified atom stereocenters. The molecule has 4 aliphatic rings. The van der Waals surface area contributed by atoms with Crippen LogP contribution in [0.3, 0.4) is 0 Å². The molecule has 1 aliphatic carbocycles. The van der Waals surface area contributed by atoms with Crippen molar-refractivity contribution in [2.75, 3.05) is 26.3 Å². The lowest BCUT2D eigenvalue weighted by Crippen LogP contribution is -2.54. The maximum absolute atomic E-state index is 10.1. The number of nitrogens with zero attached hydrogens (tertiary/aromatic N) is 3. The molecular weight excluding hydrogens is 298 g/mol. The number of morpholine rings is 1. The molecule has 4 nitrogen and oxygen atoms in total. The first-order valence-corrected chi connectivity index (χ1v) is 9.40. The molecule has 1 aromatic rings. The zero-order valence-electron chi connectivity index (χ0n) is 14.1. The maximum Gasteiger partial charge on any atom is 0.118 e. The highest BCUT2D eigenvalue weighted by Gasteiger charge is 2.78. The van der Waals surface area contributed by atoms with Crippen LogP contribution in [0.15, 0.2) is 30.3 Å². The van der Waals surface area contributed by atoms with Crippen LogP contribution in [0.2, 0.25) is 0 Å². The lowest BCUT2D eigenvalue weighted by atomic mass is 9.90. The molecule has 0 radical (unpaired) electrons. The van der Waals surface area contributed by atoms with Gasteiger partial charge in [0.15, 0.2) is 0 Å². The van der Waals surface area contributed by atoms with Crippen molar-refractivity contribution in [3.05, 3.63) is 35.9 Å². The van der Waals surface area contributed by atoms with Crippen LogP contribution in [0.4, 0.5) is 0 Å². The van der Waals surface area contributed by atoms with E-state index < -0.39 is 0 Å². The minimum Gasteiger partial charge on any atom is -0.379 e. The van der Waals surface area contributed by atoms with E-state index in [0.717, 1.165) is 32.8 Å². The molecule has 5 atom stereocenters. The summed E-state index contributed by atoms with van der Waals surface area (Å²) in [6, 6.07) is 14.8. The van der Waals surface area contributed by atoms with Gasteiger partial charge in [-0.15, -0.1) is 0 Å². The smallest absolute Gasteiger partial charge is 0.118 e. The Kier molecular flexibility index (Phi) is 3.45. The van der Waals surface area contributed by atoms with Gasteiger partial charge in [-0.3, -0.25) is 9.80 Å². The van der Waals surface area contributed by atoms with Crippen LogP contribution in [0, 0.1) is 23.2 Å². The second kappa shape index (κ2) is 5.56. The Morgan fingerprint density at radius 2 is 1.75 bits per heavy atom. The van der Waals surface area contributed by atoms with E-state index in [-0.39, 0.29) is 5.54 Å². The standard InChI is InChI=1S/C20H25N3O/c21-14-20(22-9-11-24-12-10-22)18-16-7-4-8-17(19(18)20)23(16)13-15-5-2-1-3-6-15/h1-3,5-6,16-19H,4,7-13H2/t16-,17+,18-,19+,20?. The van der Waals surface area contributed by atoms with Gasteiger partial charge < -0.3 is 4.74 Å². The third-order valence-electron chi connectivity index (χ3n) is 6.90. The van der Waals surface area contributed by atoms with Crippen molar-refractivity contribution in [1.82, 2.24) is 9.80 Å². The van der Waals surface area contributed by atoms with Crippen molar-refractivity contribution in [1.29, 1.82) is 5.26 Å². The molecule has 3 aliphatic heterocycles. The predicted molar refractivity (Wildman–Crippen MR) is 91.1 cm³/mol. The maximum atomic E-state index is 10.1. The van der Waals surface area contributed by atoms with Gasteiger partial charge in [-0.05, 0) is 18.4 Å². The zero-order valence-corrected chi connectivity index (χ0v) is 14.1. The summed E-state index contributed by atoms with van der Waals surface area (Å²) < 4.78 is 5.52. The van der Waals surface area contributed by atoms with Crippen LogP contribution in [0.1, 0.15) is 24.8 Å². The number of hydrogen-bond acceptors (Lipinski definition) is 4. The Bertz CT molecular complexity index is 631. The second-order valence-corrected chi connectivity index (χ2v) is 7.81. The Balaban J connectivity index is 1.40. The number of benzene rings is 1. The van der Waals surface area contributed by atoms with Crippen molar-refractivity contribution < 1.29 is 4.74 Å². The number of rotatable bonds is 3. The molecule has 0 aromatic heterocycles. The quantitative estimate of drug-likeness (QED) is 0.855. The van der Waals surface area contributed by atoms with Crippen LogP contribution in [0.25, 0.3) is 0 Å². The summed E-state index contributed by atoms with van der Waals surface area (Å²) in [5.41, 5.74) is 1.22. The SMILES string of the molecule is N#CC1(N2CCOCC2)[C@@H]2[C@H]1[C@H]1CCC[C@@H]2N1Cc1ccccc1. The van der Waals surface area contributed by atoms with Gasteiger partial charge in [0.05, 0.1) is 19.3 Å². The minimum absolute atomic E-state index is 0.188. The lowest BCUT2D eigenvalue weighted by Gasteiger charge is -2.43. The van der Waals surface area contributed by atoms with Crippen LogP contribution in [0.5, 0.6) is 0 Å². The highest BCUT2D eigenvalue weighted by atomic mass is 16.5. The lowest BCUT2D eigenvalue weighted by molar-refractivity contribution is -0.00870. The van der Waals surface area contributed by atoms with Gasteiger partial charge in [-0.1, -0.05) is 36.8 Å². The number of ether oxygens (including phenoxy) is 1. The van der Waals surface area contributed by atoms with Crippen LogP contribution < -0.4 is 0 Å². The summed E-state index contributed by atoms with van der Waals surface area (Å²) in [5.74, 6) is 1.11. The van der Waals surface area contributed by atoms with E-state index >= 15 is 0 Å². The monoisotopic (exact) mass is 323 g/mol. The molecule has 0 amide bonds. The Labute approximate surface area is 144 Å². The molecule has 3 saturated heterocycles. The first-order valence-electron chi connectivity index (χ1n) is 9.40. The van der Waals surface area contributed by atoms with Gasteiger partial charge in [0, 0.05) is 43.6 Å². The first-order chi connectivity index (χ1) is 11.9. The number of hydrogen-bond donors (Lipinski definition) is 0. The molecule has 1 aromatic carbocycles. The third kappa shape index (κ3) is 1.95. The van der Waals surface area contributed by atoms with E-state index in [2.05, 4.69) is 46.2 Å². The van der Waals surface area contributed by atoms with E-state index in [4.69, 9.17) is 4.74 Å². The van der Waals surface area contributed by atoms with Gasteiger partial charge in [0.25, 0.3) is 0 Å². The van der Waals surface area contributed by atoms with Gasteiger partial charge in [0.1, 0.15) is 5.54 Å². The Hall–Kier alpha value is -1.41. The van der Waals surface area contributed by atoms with E-state index in [1.165, 1.54) is 24.8 Å². The second-order valence-electron chi connectivity index (χ2n) is 7.81. The minimum atomic E-state index is -0.188. The summed E-state index contributed by atoms with van der Waals surface area (Å²) in [4.78, 5) is 5.18. The Morgan fingerprint density at radius 1 is 1.08 bits per heavy atom. The summed E-state index contributed by atoms with van der Waals surface area (Å²) >= 11 is 0. The fourth-order valence-corrected chi connectivity index (χ4v) is 5.98.